The molecule has 0 spiro atoms. The molecule has 1 unspecified atom stereocenters. The molecule has 2 rings (SSSR count). The second-order valence-electron chi connectivity index (χ2n) is 6.00. The summed E-state index contributed by atoms with van der Waals surface area (Å²) in [5.74, 6) is 0. The van der Waals surface area contributed by atoms with E-state index in [4.69, 9.17) is 4.98 Å². The summed E-state index contributed by atoms with van der Waals surface area (Å²) < 4.78 is 2.20. The van der Waals surface area contributed by atoms with E-state index in [-0.39, 0.29) is 5.41 Å². The van der Waals surface area contributed by atoms with Gasteiger partial charge in [-0.15, -0.1) is 11.3 Å². The molecule has 4 heteroatoms. The molecule has 0 saturated heterocycles. The van der Waals surface area contributed by atoms with Crippen LogP contribution in [0.5, 0.6) is 0 Å². The molecule has 3 nitrogen and oxygen atoms in total. The van der Waals surface area contributed by atoms with Crippen LogP contribution in [0.2, 0.25) is 0 Å². The number of nitrogens with zero attached hydrogens (tertiary/aromatic N) is 2. The lowest BCUT2D eigenvalue weighted by atomic mass is 9.93. The van der Waals surface area contributed by atoms with Gasteiger partial charge >= 0.3 is 0 Å². The Kier molecular flexibility index (Phi) is 4.11. The lowest BCUT2D eigenvalue weighted by Crippen LogP contribution is -2.12. The molecule has 0 aliphatic carbocycles. The van der Waals surface area contributed by atoms with Crippen LogP contribution in [0, 0.1) is 0 Å². The number of nitrogens with one attached hydrogen (secondary N) is 1. The van der Waals surface area contributed by atoms with E-state index < -0.39 is 0 Å². The van der Waals surface area contributed by atoms with Gasteiger partial charge in [-0.25, -0.2) is 4.98 Å². The second kappa shape index (κ2) is 5.47. The van der Waals surface area contributed by atoms with Crippen molar-refractivity contribution in [2.75, 3.05) is 7.05 Å². The van der Waals surface area contributed by atoms with Crippen molar-refractivity contribution in [3.8, 4) is 0 Å². The first-order valence-corrected chi connectivity index (χ1v) is 7.56. The standard InChI is InChI=1S/C15H23N3S/c1-11(16-5)12-6-7-18(8-12)9-14-17-13(10-19-14)15(2,3)4/h6-8,10-11,16H,9H2,1-5H3. The van der Waals surface area contributed by atoms with Gasteiger partial charge in [0.1, 0.15) is 5.01 Å². The maximum Gasteiger partial charge on any atom is 0.113 e. The van der Waals surface area contributed by atoms with Crippen LogP contribution in [0.25, 0.3) is 0 Å². The number of thiazole rings is 1. The Labute approximate surface area is 119 Å². The zero-order chi connectivity index (χ0) is 14.0. The molecule has 1 N–H and O–H groups in total. The third-order valence-corrected chi connectivity index (χ3v) is 4.18. The summed E-state index contributed by atoms with van der Waals surface area (Å²) in [6.07, 6.45) is 4.32. The van der Waals surface area contributed by atoms with Gasteiger partial charge in [-0.3, -0.25) is 0 Å². The molecule has 2 aromatic heterocycles. The molecule has 19 heavy (non-hydrogen) atoms. The van der Waals surface area contributed by atoms with Gasteiger partial charge in [0, 0.05) is 29.2 Å². The van der Waals surface area contributed by atoms with E-state index in [1.165, 1.54) is 16.3 Å². The normalized spacial score (nSPS) is 13.7. The lowest BCUT2D eigenvalue weighted by molar-refractivity contribution is 0.569. The van der Waals surface area contributed by atoms with E-state index in [0.29, 0.717) is 6.04 Å². The second-order valence-corrected chi connectivity index (χ2v) is 6.95. The molecule has 1 atom stereocenters. The van der Waals surface area contributed by atoms with E-state index in [2.05, 4.69) is 61.4 Å². The minimum absolute atomic E-state index is 0.136. The summed E-state index contributed by atoms with van der Waals surface area (Å²) in [5, 5.41) is 6.60. The molecule has 0 bridgehead atoms. The number of hydrogen-bond acceptors (Lipinski definition) is 3. The van der Waals surface area contributed by atoms with Crippen LogP contribution in [0.3, 0.4) is 0 Å². The fraction of sp³-hybridized carbons (Fsp3) is 0.533. The minimum atomic E-state index is 0.136. The van der Waals surface area contributed by atoms with Crippen molar-refractivity contribution in [2.45, 2.75) is 45.7 Å². The monoisotopic (exact) mass is 277 g/mol. The van der Waals surface area contributed by atoms with Gasteiger partial charge in [0.05, 0.1) is 12.2 Å². The first-order valence-electron chi connectivity index (χ1n) is 6.68. The van der Waals surface area contributed by atoms with Crippen LogP contribution in [0.1, 0.15) is 50.0 Å². The highest BCUT2D eigenvalue weighted by Crippen LogP contribution is 2.24. The SMILES string of the molecule is CNC(C)c1ccn(Cc2nc(C(C)(C)C)cs2)c1. The van der Waals surface area contributed by atoms with Gasteiger partial charge in [0.2, 0.25) is 0 Å². The molecule has 0 saturated carbocycles. The van der Waals surface area contributed by atoms with Gasteiger partial charge < -0.3 is 9.88 Å². The minimum Gasteiger partial charge on any atom is -0.347 e. The molecular formula is C15H23N3S. The molecule has 2 heterocycles. The highest BCUT2D eigenvalue weighted by atomic mass is 32.1. The van der Waals surface area contributed by atoms with Gasteiger partial charge in [-0.1, -0.05) is 20.8 Å². The largest absolute Gasteiger partial charge is 0.347 e. The van der Waals surface area contributed by atoms with Crippen molar-refractivity contribution in [3.63, 3.8) is 0 Å². The van der Waals surface area contributed by atoms with Crippen LogP contribution in [-0.4, -0.2) is 16.6 Å². The summed E-state index contributed by atoms with van der Waals surface area (Å²) in [7, 11) is 1.98. The fourth-order valence-electron chi connectivity index (χ4n) is 1.86. The number of rotatable bonds is 4. The molecule has 0 aromatic carbocycles. The van der Waals surface area contributed by atoms with E-state index >= 15 is 0 Å². The van der Waals surface area contributed by atoms with Crippen LogP contribution in [-0.2, 0) is 12.0 Å². The van der Waals surface area contributed by atoms with E-state index in [1.54, 1.807) is 11.3 Å². The Bertz CT molecular complexity index is 534. The molecule has 0 aliphatic rings. The van der Waals surface area contributed by atoms with Gasteiger partial charge in [0.25, 0.3) is 0 Å². The third-order valence-electron chi connectivity index (χ3n) is 3.34. The average molecular weight is 277 g/mol. The predicted molar refractivity (Wildman–Crippen MR) is 81.8 cm³/mol. The highest BCUT2D eigenvalue weighted by molar-refractivity contribution is 7.09. The summed E-state index contributed by atoms with van der Waals surface area (Å²) in [5.41, 5.74) is 2.63. The number of aromatic nitrogens is 2. The van der Waals surface area contributed by atoms with Gasteiger partial charge in [-0.2, -0.15) is 0 Å². The van der Waals surface area contributed by atoms with E-state index in [9.17, 15) is 0 Å². The summed E-state index contributed by atoms with van der Waals surface area (Å²) in [4.78, 5) is 4.73. The Morgan fingerprint density at radius 2 is 2.16 bits per heavy atom. The van der Waals surface area contributed by atoms with Crippen molar-refractivity contribution in [1.29, 1.82) is 0 Å². The van der Waals surface area contributed by atoms with Crippen LogP contribution >= 0.6 is 11.3 Å². The van der Waals surface area contributed by atoms with Crippen molar-refractivity contribution in [1.82, 2.24) is 14.9 Å². The Morgan fingerprint density at radius 1 is 1.42 bits per heavy atom. The zero-order valence-electron chi connectivity index (χ0n) is 12.4. The van der Waals surface area contributed by atoms with Crippen molar-refractivity contribution in [3.05, 3.63) is 40.1 Å². The maximum absolute atomic E-state index is 4.73. The van der Waals surface area contributed by atoms with Crippen molar-refractivity contribution >= 4 is 11.3 Å². The Hall–Kier alpha value is -1.13. The van der Waals surface area contributed by atoms with Gasteiger partial charge in [-0.05, 0) is 25.6 Å². The number of hydrogen-bond donors (Lipinski definition) is 1. The molecule has 0 aliphatic heterocycles. The maximum atomic E-state index is 4.73. The summed E-state index contributed by atoms with van der Waals surface area (Å²) in [6, 6.07) is 2.56. The molecule has 2 aromatic rings. The van der Waals surface area contributed by atoms with E-state index in [0.717, 1.165) is 6.54 Å². The summed E-state index contributed by atoms with van der Waals surface area (Å²) >= 11 is 1.75. The van der Waals surface area contributed by atoms with Gasteiger partial charge in [0.15, 0.2) is 0 Å². The fourth-order valence-corrected chi connectivity index (χ4v) is 2.89. The van der Waals surface area contributed by atoms with Crippen LogP contribution < -0.4 is 5.32 Å². The lowest BCUT2D eigenvalue weighted by Gasteiger charge is -2.14. The summed E-state index contributed by atoms with van der Waals surface area (Å²) in [6.45, 7) is 9.63. The first-order chi connectivity index (χ1) is 8.90. The highest BCUT2D eigenvalue weighted by Gasteiger charge is 2.17. The smallest absolute Gasteiger partial charge is 0.113 e. The zero-order valence-corrected chi connectivity index (χ0v) is 13.2. The molecule has 0 fully saturated rings. The predicted octanol–water partition coefficient (Wildman–Crippen LogP) is 3.57. The average Bonchev–Trinajstić information content (AvgIpc) is 2.97. The Morgan fingerprint density at radius 3 is 2.74 bits per heavy atom. The molecule has 0 amide bonds. The van der Waals surface area contributed by atoms with Crippen molar-refractivity contribution in [2.24, 2.45) is 0 Å². The van der Waals surface area contributed by atoms with Crippen molar-refractivity contribution < 1.29 is 0 Å². The quantitative estimate of drug-likeness (QED) is 0.926. The third kappa shape index (κ3) is 3.45. The van der Waals surface area contributed by atoms with Crippen LogP contribution in [0.15, 0.2) is 23.8 Å². The van der Waals surface area contributed by atoms with E-state index in [1.807, 2.05) is 7.05 Å². The molecule has 0 radical (unpaired) electrons. The molecule has 104 valence electrons. The first kappa shape index (κ1) is 14.3. The molecular weight excluding hydrogens is 254 g/mol. The Balaban J connectivity index is 2.09. The van der Waals surface area contributed by atoms with Crippen LogP contribution in [0.4, 0.5) is 0 Å². The topological polar surface area (TPSA) is 29.9 Å².